The highest BCUT2D eigenvalue weighted by atomic mass is 14.9. The van der Waals surface area contributed by atoms with Crippen LogP contribution in [0.3, 0.4) is 0 Å². The molecule has 2 rings (SSSR count). The van der Waals surface area contributed by atoms with Gasteiger partial charge in [0.1, 0.15) is 6.20 Å². The molecule has 0 saturated heterocycles. The van der Waals surface area contributed by atoms with Gasteiger partial charge in [-0.2, -0.15) is 0 Å². The van der Waals surface area contributed by atoms with Gasteiger partial charge in [-0.25, -0.2) is 4.98 Å². The lowest BCUT2D eigenvalue weighted by Crippen LogP contribution is -2.17. The molecule has 0 aliphatic carbocycles. The van der Waals surface area contributed by atoms with Gasteiger partial charge in [-0.3, -0.25) is 0 Å². The van der Waals surface area contributed by atoms with Crippen molar-refractivity contribution in [1.29, 1.82) is 0 Å². The van der Waals surface area contributed by atoms with Crippen LogP contribution in [-0.4, -0.2) is 11.0 Å². The lowest BCUT2D eigenvalue weighted by atomic mass is 10.1. The molecule has 2 heteroatoms. The largest absolute Gasteiger partial charge is 0.381 e. The summed E-state index contributed by atoms with van der Waals surface area (Å²) in [7, 11) is 0. The van der Waals surface area contributed by atoms with Gasteiger partial charge in [0.05, 0.1) is 11.2 Å². The SMILES string of the molecule is CCC(CC)Nc1[c]nc2ccccc2c1. The van der Waals surface area contributed by atoms with E-state index in [0.29, 0.717) is 6.04 Å². The van der Waals surface area contributed by atoms with Crippen molar-refractivity contribution >= 4 is 16.6 Å². The normalized spacial score (nSPS) is 10.9. The Morgan fingerprint density at radius 3 is 2.75 bits per heavy atom. The molecule has 1 aromatic heterocycles. The monoisotopic (exact) mass is 213 g/mol. The zero-order valence-corrected chi connectivity index (χ0v) is 9.83. The van der Waals surface area contributed by atoms with E-state index in [2.05, 4.69) is 42.5 Å². The second kappa shape index (κ2) is 4.97. The van der Waals surface area contributed by atoms with Crippen LogP contribution in [0.2, 0.25) is 0 Å². The highest BCUT2D eigenvalue weighted by Gasteiger charge is 2.04. The van der Waals surface area contributed by atoms with Crippen molar-refractivity contribution in [3.05, 3.63) is 36.5 Å². The number of hydrogen-bond donors (Lipinski definition) is 1. The van der Waals surface area contributed by atoms with E-state index < -0.39 is 0 Å². The Morgan fingerprint density at radius 1 is 1.25 bits per heavy atom. The van der Waals surface area contributed by atoms with Crippen LogP contribution < -0.4 is 5.32 Å². The zero-order valence-electron chi connectivity index (χ0n) is 9.83. The number of hydrogen-bond acceptors (Lipinski definition) is 2. The van der Waals surface area contributed by atoms with E-state index in [1.54, 1.807) is 0 Å². The number of anilines is 1. The fourth-order valence-corrected chi connectivity index (χ4v) is 1.81. The highest BCUT2D eigenvalue weighted by Crippen LogP contribution is 2.17. The van der Waals surface area contributed by atoms with Crippen LogP contribution >= 0.6 is 0 Å². The summed E-state index contributed by atoms with van der Waals surface area (Å²) in [4.78, 5) is 4.32. The van der Waals surface area contributed by atoms with Crippen LogP contribution in [0.4, 0.5) is 5.69 Å². The van der Waals surface area contributed by atoms with Crippen molar-refractivity contribution in [1.82, 2.24) is 4.98 Å². The minimum atomic E-state index is 0.513. The van der Waals surface area contributed by atoms with E-state index in [1.165, 1.54) is 0 Å². The molecular formula is C14H17N2. The van der Waals surface area contributed by atoms with Crippen LogP contribution in [-0.2, 0) is 0 Å². The molecule has 1 N–H and O–H groups in total. The van der Waals surface area contributed by atoms with Crippen molar-refractivity contribution in [2.24, 2.45) is 0 Å². The van der Waals surface area contributed by atoms with Gasteiger partial charge in [0, 0.05) is 11.4 Å². The average molecular weight is 213 g/mol. The van der Waals surface area contributed by atoms with Gasteiger partial charge in [0.15, 0.2) is 0 Å². The molecule has 0 aliphatic rings. The third-order valence-electron chi connectivity index (χ3n) is 2.88. The van der Waals surface area contributed by atoms with E-state index >= 15 is 0 Å². The summed E-state index contributed by atoms with van der Waals surface area (Å²) in [6.07, 6.45) is 5.29. The molecule has 83 valence electrons. The fourth-order valence-electron chi connectivity index (χ4n) is 1.81. The Kier molecular flexibility index (Phi) is 3.40. The standard InChI is InChI=1S/C14H17N2/c1-3-12(4-2)16-13-9-11-7-5-6-8-14(11)15-10-13/h5-9,12,16H,3-4H2,1-2H3. The summed E-state index contributed by atoms with van der Waals surface area (Å²) in [5, 5.41) is 4.61. The Labute approximate surface area is 96.7 Å². The molecular weight excluding hydrogens is 196 g/mol. The Morgan fingerprint density at radius 2 is 2.00 bits per heavy atom. The zero-order chi connectivity index (χ0) is 11.4. The van der Waals surface area contributed by atoms with E-state index in [-0.39, 0.29) is 0 Å². The summed E-state index contributed by atoms with van der Waals surface area (Å²) >= 11 is 0. The van der Waals surface area contributed by atoms with Crippen molar-refractivity contribution in [2.45, 2.75) is 32.7 Å². The highest BCUT2D eigenvalue weighted by molar-refractivity contribution is 5.81. The molecule has 0 fully saturated rings. The first kappa shape index (κ1) is 10.9. The van der Waals surface area contributed by atoms with E-state index in [9.17, 15) is 0 Å². The van der Waals surface area contributed by atoms with Gasteiger partial charge in [-0.15, -0.1) is 0 Å². The molecule has 0 amide bonds. The number of benzene rings is 1. The van der Waals surface area contributed by atoms with Crippen LogP contribution in [0, 0.1) is 6.20 Å². The van der Waals surface area contributed by atoms with Crippen molar-refractivity contribution in [2.75, 3.05) is 5.32 Å². The number of nitrogens with one attached hydrogen (secondary N) is 1. The number of aromatic nitrogens is 1. The molecule has 1 radical (unpaired) electrons. The number of para-hydroxylation sites is 1. The second-order valence-electron chi connectivity index (χ2n) is 4.00. The first-order valence-electron chi connectivity index (χ1n) is 5.87. The minimum absolute atomic E-state index is 0.513. The summed E-state index contributed by atoms with van der Waals surface area (Å²) in [5.74, 6) is 0. The van der Waals surface area contributed by atoms with Gasteiger partial charge >= 0.3 is 0 Å². The summed E-state index contributed by atoms with van der Waals surface area (Å²) in [6.45, 7) is 4.38. The lowest BCUT2D eigenvalue weighted by Gasteiger charge is -2.15. The van der Waals surface area contributed by atoms with Crippen molar-refractivity contribution in [3.8, 4) is 0 Å². The van der Waals surface area contributed by atoms with E-state index in [1.807, 2.05) is 18.2 Å². The number of nitrogens with zero attached hydrogens (tertiary/aromatic N) is 1. The van der Waals surface area contributed by atoms with E-state index in [0.717, 1.165) is 29.4 Å². The number of fused-ring (bicyclic) bond motifs is 1. The average Bonchev–Trinajstić information content (AvgIpc) is 2.35. The molecule has 16 heavy (non-hydrogen) atoms. The van der Waals surface area contributed by atoms with Crippen LogP contribution in [0.1, 0.15) is 26.7 Å². The number of rotatable bonds is 4. The maximum Gasteiger partial charge on any atom is 0.115 e. The molecule has 0 aliphatic heterocycles. The third kappa shape index (κ3) is 2.32. The van der Waals surface area contributed by atoms with Crippen molar-refractivity contribution < 1.29 is 0 Å². The van der Waals surface area contributed by atoms with Gasteiger partial charge < -0.3 is 5.32 Å². The number of pyridine rings is 1. The summed E-state index contributed by atoms with van der Waals surface area (Å²) < 4.78 is 0. The van der Waals surface area contributed by atoms with Crippen LogP contribution in [0.15, 0.2) is 30.3 Å². The summed E-state index contributed by atoms with van der Waals surface area (Å²) in [6, 6.07) is 10.7. The molecule has 2 aromatic rings. The summed E-state index contributed by atoms with van der Waals surface area (Å²) in [5.41, 5.74) is 1.99. The van der Waals surface area contributed by atoms with Gasteiger partial charge in [0.25, 0.3) is 0 Å². The van der Waals surface area contributed by atoms with E-state index in [4.69, 9.17) is 0 Å². The molecule has 0 unspecified atom stereocenters. The fraction of sp³-hybridized carbons (Fsp3) is 0.357. The van der Waals surface area contributed by atoms with Gasteiger partial charge in [-0.1, -0.05) is 32.0 Å². The Balaban J connectivity index is 2.25. The first-order chi connectivity index (χ1) is 7.83. The first-order valence-corrected chi connectivity index (χ1v) is 5.87. The third-order valence-corrected chi connectivity index (χ3v) is 2.88. The topological polar surface area (TPSA) is 24.9 Å². The maximum absolute atomic E-state index is 4.32. The minimum Gasteiger partial charge on any atom is -0.381 e. The molecule has 0 spiro atoms. The predicted molar refractivity (Wildman–Crippen MR) is 68.6 cm³/mol. The molecule has 2 nitrogen and oxygen atoms in total. The Bertz CT molecular complexity index is 461. The second-order valence-corrected chi connectivity index (χ2v) is 4.00. The van der Waals surface area contributed by atoms with Crippen LogP contribution in [0.5, 0.6) is 0 Å². The van der Waals surface area contributed by atoms with Gasteiger partial charge in [-0.05, 0) is 25.0 Å². The molecule has 1 aromatic carbocycles. The maximum atomic E-state index is 4.32. The molecule has 0 atom stereocenters. The predicted octanol–water partition coefficient (Wildman–Crippen LogP) is 3.64. The molecule has 0 saturated carbocycles. The quantitative estimate of drug-likeness (QED) is 0.838. The lowest BCUT2D eigenvalue weighted by molar-refractivity contribution is 0.671. The smallest absolute Gasteiger partial charge is 0.115 e. The Hall–Kier alpha value is -1.57. The van der Waals surface area contributed by atoms with Gasteiger partial charge in [0.2, 0.25) is 0 Å². The molecule has 0 bridgehead atoms. The van der Waals surface area contributed by atoms with Crippen LogP contribution in [0.25, 0.3) is 10.9 Å². The molecule has 1 heterocycles. The van der Waals surface area contributed by atoms with Crippen molar-refractivity contribution in [3.63, 3.8) is 0 Å².